The molecule has 2 unspecified atom stereocenters. The minimum atomic E-state index is -1.03. The highest BCUT2D eigenvalue weighted by Crippen LogP contribution is 2.40. The molecule has 2 atom stereocenters. The van der Waals surface area contributed by atoms with E-state index in [1.165, 1.54) is 11.6 Å². The summed E-state index contributed by atoms with van der Waals surface area (Å²) in [5, 5.41) is 12.2. The zero-order valence-corrected chi connectivity index (χ0v) is 10.4. The average Bonchev–Trinajstić information content (AvgIpc) is 3.05. The predicted octanol–water partition coefficient (Wildman–Crippen LogP) is 2.62. The van der Waals surface area contributed by atoms with Gasteiger partial charge in [-0.3, -0.25) is 0 Å². The summed E-state index contributed by atoms with van der Waals surface area (Å²) in [6, 6.07) is 14.1. The lowest BCUT2D eigenvalue weighted by atomic mass is 10.1. The molecule has 1 aromatic carbocycles. The van der Waals surface area contributed by atoms with Crippen LogP contribution in [0.1, 0.15) is 34.2 Å². The highest BCUT2D eigenvalue weighted by atomic mass is 16.4. The molecule has 0 amide bonds. The number of hydrogen-bond donors (Lipinski definition) is 2. The number of carboxylic acids is 1. The molecule has 0 aliphatic heterocycles. The van der Waals surface area contributed by atoms with Crippen molar-refractivity contribution in [3.05, 3.63) is 59.5 Å². The number of furan rings is 1. The van der Waals surface area contributed by atoms with E-state index in [-0.39, 0.29) is 5.76 Å². The van der Waals surface area contributed by atoms with Crippen LogP contribution in [0.4, 0.5) is 0 Å². The van der Waals surface area contributed by atoms with E-state index in [2.05, 4.69) is 29.6 Å². The van der Waals surface area contributed by atoms with Gasteiger partial charge in [-0.1, -0.05) is 30.3 Å². The topological polar surface area (TPSA) is 62.5 Å². The maximum absolute atomic E-state index is 10.7. The summed E-state index contributed by atoms with van der Waals surface area (Å²) in [4.78, 5) is 10.7. The van der Waals surface area contributed by atoms with Crippen LogP contribution in [0, 0.1) is 0 Å². The maximum atomic E-state index is 10.7. The number of hydrogen-bond acceptors (Lipinski definition) is 3. The summed E-state index contributed by atoms with van der Waals surface area (Å²) < 4.78 is 5.20. The lowest BCUT2D eigenvalue weighted by Crippen LogP contribution is -2.16. The van der Waals surface area contributed by atoms with Crippen molar-refractivity contribution in [3.63, 3.8) is 0 Å². The van der Waals surface area contributed by atoms with Crippen molar-refractivity contribution in [2.24, 2.45) is 0 Å². The first-order valence-corrected chi connectivity index (χ1v) is 6.34. The molecule has 3 rings (SSSR count). The maximum Gasteiger partial charge on any atom is 0.371 e. The van der Waals surface area contributed by atoms with Crippen LogP contribution in [0.3, 0.4) is 0 Å². The molecule has 4 heteroatoms. The van der Waals surface area contributed by atoms with Crippen molar-refractivity contribution in [2.45, 2.75) is 24.9 Å². The number of rotatable bonds is 5. The Morgan fingerprint density at radius 1 is 1.26 bits per heavy atom. The molecular formula is C15H15NO3. The van der Waals surface area contributed by atoms with E-state index in [4.69, 9.17) is 9.52 Å². The second-order valence-corrected chi connectivity index (χ2v) is 4.81. The first-order valence-electron chi connectivity index (χ1n) is 6.34. The molecular weight excluding hydrogens is 242 g/mol. The number of carboxylic acid groups (broad SMARTS) is 1. The molecule has 1 aromatic heterocycles. The van der Waals surface area contributed by atoms with Gasteiger partial charge >= 0.3 is 5.97 Å². The molecule has 4 nitrogen and oxygen atoms in total. The molecule has 0 bridgehead atoms. The number of benzene rings is 1. The highest BCUT2D eigenvalue weighted by molar-refractivity contribution is 5.84. The lowest BCUT2D eigenvalue weighted by molar-refractivity contribution is 0.0660. The van der Waals surface area contributed by atoms with E-state index >= 15 is 0 Å². The van der Waals surface area contributed by atoms with Crippen LogP contribution in [-0.2, 0) is 6.54 Å². The number of nitrogens with one attached hydrogen (secondary N) is 1. The van der Waals surface area contributed by atoms with Gasteiger partial charge in [-0.15, -0.1) is 0 Å². The summed E-state index contributed by atoms with van der Waals surface area (Å²) in [6.07, 6.45) is 1.12. The fourth-order valence-electron chi connectivity index (χ4n) is 2.31. The Labute approximate surface area is 111 Å². The van der Waals surface area contributed by atoms with Crippen LogP contribution in [0.5, 0.6) is 0 Å². The van der Waals surface area contributed by atoms with E-state index in [0.717, 1.165) is 6.42 Å². The summed E-state index contributed by atoms with van der Waals surface area (Å²) in [5.41, 5.74) is 1.35. The Kier molecular flexibility index (Phi) is 3.09. The molecule has 0 spiro atoms. The third-order valence-electron chi connectivity index (χ3n) is 3.43. The molecule has 1 heterocycles. The molecule has 98 valence electrons. The minimum absolute atomic E-state index is 0.00722. The Hall–Kier alpha value is -2.07. The molecule has 1 fully saturated rings. The monoisotopic (exact) mass is 257 g/mol. The van der Waals surface area contributed by atoms with Gasteiger partial charge in [0.05, 0.1) is 6.54 Å². The third-order valence-corrected chi connectivity index (χ3v) is 3.43. The van der Waals surface area contributed by atoms with Gasteiger partial charge in [0.1, 0.15) is 5.76 Å². The average molecular weight is 257 g/mol. The smallest absolute Gasteiger partial charge is 0.371 e. The van der Waals surface area contributed by atoms with E-state index in [0.29, 0.717) is 24.3 Å². The molecule has 19 heavy (non-hydrogen) atoms. The normalized spacial score (nSPS) is 21.3. The van der Waals surface area contributed by atoms with Crippen LogP contribution in [0.2, 0.25) is 0 Å². The highest BCUT2D eigenvalue weighted by Gasteiger charge is 2.37. The van der Waals surface area contributed by atoms with Crippen LogP contribution in [-0.4, -0.2) is 17.1 Å². The second kappa shape index (κ2) is 4.90. The zero-order valence-electron chi connectivity index (χ0n) is 10.4. The quantitative estimate of drug-likeness (QED) is 0.864. The van der Waals surface area contributed by atoms with Crippen molar-refractivity contribution in [1.82, 2.24) is 5.32 Å². The number of carbonyl (C=O) groups is 1. The third kappa shape index (κ3) is 2.69. The number of aromatic carboxylic acids is 1. The summed E-state index contributed by atoms with van der Waals surface area (Å²) in [5.74, 6) is 0.193. The van der Waals surface area contributed by atoms with Crippen molar-refractivity contribution in [1.29, 1.82) is 0 Å². The van der Waals surface area contributed by atoms with Gasteiger partial charge < -0.3 is 14.8 Å². The van der Waals surface area contributed by atoms with Crippen molar-refractivity contribution < 1.29 is 14.3 Å². The van der Waals surface area contributed by atoms with Gasteiger partial charge in [0.15, 0.2) is 0 Å². The van der Waals surface area contributed by atoms with Crippen molar-refractivity contribution in [2.75, 3.05) is 0 Å². The fourth-order valence-corrected chi connectivity index (χ4v) is 2.31. The van der Waals surface area contributed by atoms with Crippen molar-refractivity contribution in [3.8, 4) is 0 Å². The Morgan fingerprint density at radius 3 is 2.74 bits per heavy atom. The molecule has 0 saturated heterocycles. The van der Waals surface area contributed by atoms with Gasteiger partial charge in [0.2, 0.25) is 5.76 Å². The molecule has 2 N–H and O–H groups in total. The largest absolute Gasteiger partial charge is 0.475 e. The van der Waals surface area contributed by atoms with Gasteiger partial charge in [0, 0.05) is 12.0 Å². The van der Waals surface area contributed by atoms with Gasteiger partial charge in [-0.05, 0) is 24.1 Å². The van der Waals surface area contributed by atoms with Crippen LogP contribution in [0.15, 0.2) is 46.9 Å². The minimum Gasteiger partial charge on any atom is -0.475 e. The Balaban J connectivity index is 1.53. The predicted molar refractivity (Wildman–Crippen MR) is 70.1 cm³/mol. The van der Waals surface area contributed by atoms with Gasteiger partial charge in [-0.25, -0.2) is 4.79 Å². The van der Waals surface area contributed by atoms with Crippen LogP contribution < -0.4 is 5.32 Å². The lowest BCUT2D eigenvalue weighted by Gasteiger charge is -2.02. The SMILES string of the molecule is O=C(O)c1ccc(CNC2CC2c2ccccc2)o1. The first kappa shape index (κ1) is 12.0. The standard InChI is InChI=1S/C15H15NO3/c17-15(18)14-7-6-11(19-14)9-16-13-8-12(13)10-4-2-1-3-5-10/h1-7,12-13,16H,8-9H2,(H,17,18). The molecule has 1 aliphatic rings. The molecule has 2 aromatic rings. The van der Waals surface area contributed by atoms with Crippen LogP contribution >= 0.6 is 0 Å². The summed E-state index contributed by atoms with van der Waals surface area (Å²) in [7, 11) is 0. The van der Waals surface area contributed by atoms with Gasteiger partial charge in [0.25, 0.3) is 0 Å². The Bertz CT molecular complexity index is 576. The molecule has 0 radical (unpaired) electrons. The van der Waals surface area contributed by atoms with Crippen LogP contribution in [0.25, 0.3) is 0 Å². The van der Waals surface area contributed by atoms with E-state index in [1.54, 1.807) is 6.07 Å². The first-order chi connectivity index (χ1) is 9.24. The van der Waals surface area contributed by atoms with E-state index in [9.17, 15) is 4.79 Å². The van der Waals surface area contributed by atoms with Gasteiger partial charge in [-0.2, -0.15) is 0 Å². The summed E-state index contributed by atoms with van der Waals surface area (Å²) >= 11 is 0. The van der Waals surface area contributed by atoms with Crippen molar-refractivity contribution >= 4 is 5.97 Å². The summed E-state index contributed by atoms with van der Waals surface area (Å²) in [6.45, 7) is 0.571. The molecule has 1 saturated carbocycles. The van der Waals surface area contributed by atoms with E-state index in [1.807, 2.05) is 6.07 Å². The Morgan fingerprint density at radius 2 is 2.05 bits per heavy atom. The van der Waals surface area contributed by atoms with E-state index < -0.39 is 5.97 Å². The zero-order chi connectivity index (χ0) is 13.2. The fraction of sp³-hybridized carbons (Fsp3) is 0.267. The molecule has 1 aliphatic carbocycles. The second-order valence-electron chi connectivity index (χ2n) is 4.81.